The zero-order chi connectivity index (χ0) is 16.8. The fourth-order valence-corrected chi connectivity index (χ4v) is 2.59. The lowest BCUT2D eigenvalue weighted by Gasteiger charge is -2.16. The summed E-state index contributed by atoms with van der Waals surface area (Å²) in [4.78, 5) is 0. The minimum atomic E-state index is -0.199. The van der Waals surface area contributed by atoms with E-state index in [4.69, 9.17) is 9.47 Å². The van der Waals surface area contributed by atoms with Crippen molar-refractivity contribution in [3.8, 4) is 17.6 Å². The van der Waals surface area contributed by atoms with Gasteiger partial charge in [0.05, 0.1) is 25.7 Å². The van der Waals surface area contributed by atoms with Gasteiger partial charge in [0.1, 0.15) is 11.5 Å². The van der Waals surface area contributed by atoms with E-state index in [1.807, 2.05) is 31.2 Å². The maximum atomic E-state index is 9.45. The molecule has 0 amide bonds. The van der Waals surface area contributed by atoms with Crippen LogP contribution >= 0.6 is 0 Å². The minimum Gasteiger partial charge on any atom is -0.497 e. The molecule has 2 aromatic carbocycles. The molecule has 0 aromatic heterocycles. The van der Waals surface area contributed by atoms with Gasteiger partial charge in [-0.1, -0.05) is 24.3 Å². The highest BCUT2D eigenvalue weighted by molar-refractivity contribution is 5.44. The van der Waals surface area contributed by atoms with E-state index in [1.165, 1.54) is 11.1 Å². The summed E-state index contributed by atoms with van der Waals surface area (Å²) in [5, 5.41) is 9.45. The third-order valence-electron chi connectivity index (χ3n) is 4.18. The Bertz CT molecular complexity index is 716. The molecule has 3 nitrogen and oxygen atoms in total. The molecule has 0 aliphatic heterocycles. The summed E-state index contributed by atoms with van der Waals surface area (Å²) in [5.41, 5.74) is 4.48. The van der Waals surface area contributed by atoms with Crippen molar-refractivity contribution >= 4 is 0 Å². The van der Waals surface area contributed by atoms with E-state index in [0.29, 0.717) is 13.0 Å². The summed E-state index contributed by atoms with van der Waals surface area (Å²) in [7, 11) is 1.63. The van der Waals surface area contributed by atoms with Gasteiger partial charge >= 0.3 is 0 Å². The van der Waals surface area contributed by atoms with Crippen molar-refractivity contribution in [2.24, 2.45) is 0 Å². The monoisotopic (exact) mass is 309 g/mol. The quantitative estimate of drug-likeness (QED) is 0.777. The van der Waals surface area contributed by atoms with Crippen LogP contribution in [-0.2, 0) is 0 Å². The molecule has 120 valence electrons. The molecule has 0 saturated carbocycles. The van der Waals surface area contributed by atoms with Gasteiger partial charge in [-0.05, 0) is 55.2 Å². The van der Waals surface area contributed by atoms with E-state index in [2.05, 4.69) is 32.0 Å². The summed E-state index contributed by atoms with van der Waals surface area (Å²) in [5.74, 6) is 1.51. The van der Waals surface area contributed by atoms with Gasteiger partial charge in [0.2, 0.25) is 0 Å². The summed E-state index contributed by atoms with van der Waals surface area (Å²) >= 11 is 0. The fraction of sp³-hybridized carbons (Fsp3) is 0.350. The number of rotatable bonds is 6. The summed E-state index contributed by atoms with van der Waals surface area (Å²) < 4.78 is 11.2. The van der Waals surface area contributed by atoms with Crippen LogP contribution in [-0.4, -0.2) is 13.7 Å². The van der Waals surface area contributed by atoms with Crippen LogP contribution < -0.4 is 9.47 Å². The number of hydrogen-bond acceptors (Lipinski definition) is 3. The molecule has 0 saturated heterocycles. The standard InChI is InChI=1S/C20H23NO2/c1-14-8-9-15(2)20(16(14)3)23-11-10-18(13-21)17-6-5-7-19(12-17)22-4/h5-9,12,18H,10-11H2,1-4H3. The molecule has 23 heavy (non-hydrogen) atoms. The number of nitrogens with zero attached hydrogens (tertiary/aromatic N) is 1. The zero-order valence-electron chi connectivity index (χ0n) is 14.2. The van der Waals surface area contributed by atoms with Crippen molar-refractivity contribution < 1.29 is 9.47 Å². The normalized spacial score (nSPS) is 11.6. The number of aryl methyl sites for hydroxylation is 2. The molecule has 1 unspecified atom stereocenters. The van der Waals surface area contributed by atoms with Gasteiger partial charge in [-0.25, -0.2) is 0 Å². The maximum absolute atomic E-state index is 9.45. The van der Waals surface area contributed by atoms with Crippen LogP contribution in [0.2, 0.25) is 0 Å². The van der Waals surface area contributed by atoms with Crippen molar-refractivity contribution in [2.75, 3.05) is 13.7 Å². The molecular weight excluding hydrogens is 286 g/mol. The molecule has 0 bridgehead atoms. The van der Waals surface area contributed by atoms with Gasteiger partial charge in [-0.15, -0.1) is 0 Å². The van der Waals surface area contributed by atoms with Gasteiger partial charge in [-0.2, -0.15) is 5.26 Å². The van der Waals surface area contributed by atoms with Crippen molar-refractivity contribution in [1.82, 2.24) is 0 Å². The first-order valence-electron chi connectivity index (χ1n) is 7.80. The molecule has 0 heterocycles. The lowest BCUT2D eigenvalue weighted by Crippen LogP contribution is -2.06. The highest BCUT2D eigenvalue weighted by atomic mass is 16.5. The largest absolute Gasteiger partial charge is 0.497 e. The summed E-state index contributed by atoms with van der Waals surface area (Å²) in [6.07, 6.45) is 0.649. The van der Waals surface area contributed by atoms with Gasteiger partial charge in [0, 0.05) is 6.42 Å². The predicted octanol–water partition coefficient (Wildman–Crippen LogP) is 4.70. The lowest BCUT2D eigenvalue weighted by atomic mass is 9.97. The number of nitriles is 1. The second-order valence-corrected chi connectivity index (χ2v) is 5.75. The second kappa shape index (κ2) is 7.69. The Morgan fingerprint density at radius 3 is 2.52 bits per heavy atom. The van der Waals surface area contributed by atoms with Crippen LogP contribution in [0.1, 0.15) is 34.6 Å². The van der Waals surface area contributed by atoms with Crippen molar-refractivity contribution in [1.29, 1.82) is 5.26 Å². The van der Waals surface area contributed by atoms with Crippen LogP contribution in [0.25, 0.3) is 0 Å². The number of ether oxygens (including phenoxy) is 2. The molecule has 2 aromatic rings. The molecule has 0 aliphatic rings. The maximum Gasteiger partial charge on any atom is 0.125 e. The molecule has 0 fully saturated rings. The Balaban J connectivity index is 2.05. The second-order valence-electron chi connectivity index (χ2n) is 5.75. The number of benzene rings is 2. The van der Waals surface area contributed by atoms with E-state index < -0.39 is 0 Å². The van der Waals surface area contributed by atoms with Gasteiger partial charge in [0.15, 0.2) is 0 Å². The molecule has 0 spiro atoms. The molecule has 2 rings (SSSR count). The van der Waals surface area contributed by atoms with Crippen LogP contribution in [0.5, 0.6) is 11.5 Å². The molecule has 0 N–H and O–H groups in total. The Kier molecular flexibility index (Phi) is 5.65. The average molecular weight is 309 g/mol. The van der Waals surface area contributed by atoms with E-state index in [-0.39, 0.29) is 5.92 Å². The van der Waals surface area contributed by atoms with E-state index in [9.17, 15) is 5.26 Å². The van der Waals surface area contributed by atoms with Crippen LogP contribution in [0.15, 0.2) is 36.4 Å². The van der Waals surface area contributed by atoms with Crippen LogP contribution in [0, 0.1) is 32.1 Å². The summed E-state index contributed by atoms with van der Waals surface area (Å²) in [6, 6.07) is 14.2. The van der Waals surface area contributed by atoms with E-state index in [0.717, 1.165) is 22.6 Å². The third-order valence-corrected chi connectivity index (χ3v) is 4.18. The fourth-order valence-electron chi connectivity index (χ4n) is 2.59. The molecular formula is C20H23NO2. The van der Waals surface area contributed by atoms with Crippen molar-refractivity contribution in [2.45, 2.75) is 33.1 Å². The van der Waals surface area contributed by atoms with Crippen molar-refractivity contribution in [3.05, 3.63) is 58.7 Å². The number of hydrogen-bond donors (Lipinski definition) is 0. The Morgan fingerprint density at radius 2 is 1.83 bits per heavy atom. The first-order chi connectivity index (χ1) is 11.1. The van der Waals surface area contributed by atoms with Crippen LogP contribution in [0.4, 0.5) is 0 Å². The number of methoxy groups -OCH3 is 1. The highest BCUT2D eigenvalue weighted by Crippen LogP contribution is 2.27. The topological polar surface area (TPSA) is 42.2 Å². The first kappa shape index (κ1) is 16.9. The molecule has 0 aliphatic carbocycles. The van der Waals surface area contributed by atoms with Gasteiger partial charge < -0.3 is 9.47 Å². The molecule has 3 heteroatoms. The van der Waals surface area contributed by atoms with Gasteiger partial charge in [0.25, 0.3) is 0 Å². The van der Waals surface area contributed by atoms with Crippen LogP contribution in [0.3, 0.4) is 0 Å². The van der Waals surface area contributed by atoms with E-state index in [1.54, 1.807) is 7.11 Å². The molecule has 0 radical (unpaired) electrons. The Hall–Kier alpha value is -2.47. The predicted molar refractivity (Wildman–Crippen MR) is 92.1 cm³/mol. The minimum absolute atomic E-state index is 0.199. The third kappa shape index (κ3) is 4.04. The van der Waals surface area contributed by atoms with Gasteiger partial charge in [-0.3, -0.25) is 0 Å². The SMILES string of the molecule is COc1cccc(C(C#N)CCOc2c(C)ccc(C)c2C)c1. The van der Waals surface area contributed by atoms with Crippen molar-refractivity contribution in [3.63, 3.8) is 0 Å². The lowest BCUT2D eigenvalue weighted by molar-refractivity contribution is 0.301. The first-order valence-corrected chi connectivity index (χ1v) is 7.80. The molecule has 1 atom stereocenters. The Morgan fingerprint density at radius 1 is 1.09 bits per heavy atom. The zero-order valence-corrected chi connectivity index (χ0v) is 14.2. The van der Waals surface area contributed by atoms with E-state index >= 15 is 0 Å². The smallest absolute Gasteiger partial charge is 0.125 e. The Labute approximate surface area is 138 Å². The average Bonchev–Trinajstić information content (AvgIpc) is 2.58. The highest BCUT2D eigenvalue weighted by Gasteiger charge is 2.13. The summed E-state index contributed by atoms with van der Waals surface area (Å²) in [6.45, 7) is 6.71.